The Morgan fingerprint density at radius 3 is 2.89 bits per heavy atom. The van der Waals surface area contributed by atoms with Gasteiger partial charge >= 0.3 is 0 Å². The molecule has 3 aromatic rings. The van der Waals surface area contributed by atoms with Crippen LogP contribution in [0.5, 0.6) is 0 Å². The molecule has 0 saturated heterocycles. The average molecular weight is 403 g/mol. The van der Waals surface area contributed by atoms with E-state index in [9.17, 15) is 4.79 Å². The minimum absolute atomic E-state index is 0.107. The molecule has 0 bridgehead atoms. The summed E-state index contributed by atoms with van der Waals surface area (Å²) in [6.45, 7) is 0. The highest BCUT2D eigenvalue weighted by Crippen LogP contribution is 2.35. The Bertz CT molecular complexity index is 1220. The Hall–Kier alpha value is -3.03. The molecular weight excluding hydrogens is 390 g/mol. The van der Waals surface area contributed by atoms with Crippen molar-refractivity contribution in [2.24, 2.45) is 4.99 Å². The van der Waals surface area contributed by atoms with Crippen LogP contribution >= 0.6 is 23.5 Å². The largest absolute Gasteiger partial charge is 0.450 e. The zero-order chi connectivity index (χ0) is 19.1. The van der Waals surface area contributed by atoms with E-state index in [0.29, 0.717) is 10.9 Å². The summed E-state index contributed by atoms with van der Waals surface area (Å²) in [6.07, 6.45) is 3.31. The van der Waals surface area contributed by atoms with Crippen LogP contribution in [0, 0.1) is 5.41 Å². The van der Waals surface area contributed by atoms with E-state index in [4.69, 9.17) is 9.83 Å². The summed E-state index contributed by atoms with van der Waals surface area (Å²) in [5.41, 5.74) is 0.215. The monoisotopic (exact) mass is 403 g/mol. The molecule has 2 aliphatic heterocycles. The molecule has 0 aliphatic carbocycles. The number of fused-ring (bicyclic) bond motifs is 2. The summed E-state index contributed by atoms with van der Waals surface area (Å²) in [4.78, 5) is 19.0. The molecule has 2 aromatic carbocycles. The van der Waals surface area contributed by atoms with Crippen LogP contribution in [0.1, 0.15) is 5.76 Å². The third-order valence-electron chi connectivity index (χ3n) is 4.36. The SMILES string of the molecule is N=C1/C(=C/c2ccc(Sc3cccc4ccccc34)o2)C(=O)N=C2SC=CN12. The van der Waals surface area contributed by atoms with Crippen molar-refractivity contribution < 1.29 is 9.21 Å². The van der Waals surface area contributed by atoms with Gasteiger partial charge in [0.2, 0.25) is 0 Å². The molecule has 3 heterocycles. The summed E-state index contributed by atoms with van der Waals surface area (Å²) >= 11 is 2.86. The van der Waals surface area contributed by atoms with Gasteiger partial charge in [0.05, 0.1) is 5.57 Å². The predicted molar refractivity (Wildman–Crippen MR) is 113 cm³/mol. The van der Waals surface area contributed by atoms with Gasteiger partial charge in [0.1, 0.15) is 11.6 Å². The second-order valence-electron chi connectivity index (χ2n) is 6.12. The molecule has 5 nitrogen and oxygen atoms in total. The molecule has 5 rings (SSSR count). The molecule has 0 saturated carbocycles. The highest BCUT2D eigenvalue weighted by molar-refractivity contribution is 8.16. The number of amides is 1. The number of benzene rings is 2. The van der Waals surface area contributed by atoms with Gasteiger partial charge in [0, 0.05) is 11.1 Å². The molecule has 1 aromatic heterocycles. The fraction of sp³-hybridized carbons (Fsp3) is 0. The van der Waals surface area contributed by atoms with E-state index >= 15 is 0 Å². The second kappa shape index (κ2) is 6.85. The van der Waals surface area contributed by atoms with E-state index in [-0.39, 0.29) is 11.4 Å². The zero-order valence-electron chi connectivity index (χ0n) is 14.5. The first-order chi connectivity index (χ1) is 13.7. The quantitative estimate of drug-likeness (QED) is 0.596. The molecule has 28 heavy (non-hydrogen) atoms. The minimum atomic E-state index is -0.424. The summed E-state index contributed by atoms with van der Waals surface area (Å²) in [6, 6.07) is 18.0. The summed E-state index contributed by atoms with van der Waals surface area (Å²) in [7, 11) is 0. The number of nitrogens with zero attached hydrogens (tertiary/aromatic N) is 2. The number of hydrogen-bond donors (Lipinski definition) is 1. The number of carbonyl (C=O) groups is 1. The number of furan rings is 1. The number of thioether (sulfide) groups is 1. The maximum atomic E-state index is 12.3. The van der Waals surface area contributed by atoms with E-state index < -0.39 is 5.91 Å². The van der Waals surface area contributed by atoms with Crippen molar-refractivity contribution in [3.05, 3.63) is 77.5 Å². The Morgan fingerprint density at radius 2 is 1.96 bits per heavy atom. The molecule has 136 valence electrons. The first-order valence-electron chi connectivity index (χ1n) is 8.51. The van der Waals surface area contributed by atoms with Gasteiger partial charge < -0.3 is 4.42 Å². The molecule has 1 amide bonds. The molecule has 0 atom stereocenters. The van der Waals surface area contributed by atoms with Gasteiger partial charge in [-0.15, -0.1) is 0 Å². The lowest BCUT2D eigenvalue weighted by Crippen LogP contribution is -2.35. The van der Waals surface area contributed by atoms with E-state index in [1.807, 2.05) is 24.3 Å². The van der Waals surface area contributed by atoms with Gasteiger partial charge in [-0.05, 0) is 40.5 Å². The molecule has 0 fully saturated rings. The third-order valence-corrected chi connectivity index (χ3v) is 6.12. The maximum Gasteiger partial charge on any atom is 0.283 e. The van der Waals surface area contributed by atoms with Crippen LogP contribution in [0.3, 0.4) is 0 Å². The standard InChI is InChI=1S/C21H13N3O2S2/c22-19-16(20(25)23-21-24(19)10-11-27-21)12-14-8-9-18(26-14)28-17-7-3-5-13-4-1-2-6-15(13)17/h1-12,22H/b16-12-,22-19?. The number of aliphatic imine (C=N–C) groups is 1. The van der Waals surface area contributed by atoms with Crippen LogP contribution in [0.25, 0.3) is 16.8 Å². The molecule has 7 heteroatoms. The molecule has 0 spiro atoms. The smallest absolute Gasteiger partial charge is 0.283 e. The number of rotatable bonds is 3. The lowest BCUT2D eigenvalue weighted by molar-refractivity contribution is -0.114. The predicted octanol–water partition coefficient (Wildman–Crippen LogP) is 5.36. The van der Waals surface area contributed by atoms with E-state index in [1.54, 1.807) is 28.7 Å². The topological polar surface area (TPSA) is 69.7 Å². The van der Waals surface area contributed by atoms with Gasteiger partial charge in [0.25, 0.3) is 5.91 Å². The number of hydrogen-bond acceptors (Lipinski definition) is 5. The van der Waals surface area contributed by atoms with Crippen LogP contribution in [-0.2, 0) is 4.79 Å². The first kappa shape index (κ1) is 17.1. The van der Waals surface area contributed by atoms with E-state index in [1.165, 1.54) is 28.9 Å². The van der Waals surface area contributed by atoms with Crippen molar-refractivity contribution in [2.75, 3.05) is 0 Å². The molecule has 1 N–H and O–H groups in total. The number of carbonyl (C=O) groups excluding carboxylic acids is 1. The maximum absolute atomic E-state index is 12.3. The second-order valence-corrected chi connectivity index (χ2v) is 8.03. The normalized spacial score (nSPS) is 17.5. The van der Waals surface area contributed by atoms with Gasteiger partial charge in [0.15, 0.2) is 10.3 Å². The van der Waals surface area contributed by atoms with E-state index in [0.717, 1.165) is 15.4 Å². The highest BCUT2D eigenvalue weighted by Gasteiger charge is 2.31. The van der Waals surface area contributed by atoms with Crippen molar-refractivity contribution in [3.8, 4) is 0 Å². The van der Waals surface area contributed by atoms with Crippen molar-refractivity contribution in [1.29, 1.82) is 5.41 Å². The summed E-state index contributed by atoms with van der Waals surface area (Å²) < 4.78 is 5.89. The summed E-state index contributed by atoms with van der Waals surface area (Å²) in [5.74, 6) is 0.202. The van der Waals surface area contributed by atoms with Crippen molar-refractivity contribution in [3.63, 3.8) is 0 Å². The van der Waals surface area contributed by atoms with Gasteiger partial charge in [-0.1, -0.05) is 59.9 Å². The lowest BCUT2D eigenvalue weighted by Gasteiger charge is -2.21. The fourth-order valence-electron chi connectivity index (χ4n) is 3.03. The van der Waals surface area contributed by atoms with Crippen LogP contribution in [0.4, 0.5) is 0 Å². The van der Waals surface area contributed by atoms with Crippen molar-refractivity contribution >= 4 is 57.3 Å². The average Bonchev–Trinajstić information content (AvgIpc) is 3.35. The first-order valence-corrected chi connectivity index (χ1v) is 10.2. The third kappa shape index (κ3) is 2.98. The molecular formula is C21H13N3O2S2. The van der Waals surface area contributed by atoms with Crippen LogP contribution in [0.2, 0.25) is 0 Å². The van der Waals surface area contributed by atoms with Gasteiger partial charge in [-0.25, -0.2) is 0 Å². The van der Waals surface area contributed by atoms with Gasteiger partial charge in [-0.3, -0.25) is 15.1 Å². The lowest BCUT2D eigenvalue weighted by atomic mass is 10.1. The van der Waals surface area contributed by atoms with E-state index in [2.05, 4.69) is 29.3 Å². The number of nitrogens with one attached hydrogen (secondary N) is 1. The Kier molecular flexibility index (Phi) is 4.18. The zero-order valence-corrected chi connectivity index (χ0v) is 16.1. The Labute approximate surface area is 169 Å². The fourth-order valence-corrected chi connectivity index (χ4v) is 4.67. The van der Waals surface area contributed by atoms with Crippen molar-refractivity contribution in [1.82, 2.24) is 4.90 Å². The molecule has 2 aliphatic rings. The van der Waals surface area contributed by atoms with Crippen LogP contribution in [-0.4, -0.2) is 21.8 Å². The Morgan fingerprint density at radius 1 is 1.11 bits per heavy atom. The van der Waals surface area contributed by atoms with Crippen LogP contribution in [0.15, 0.2) is 91.2 Å². The summed E-state index contributed by atoms with van der Waals surface area (Å²) in [5, 5.41) is 13.6. The van der Waals surface area contributed by atoms with Crippen LogP contribution < -0.4 is 0 Å². The molecule has 0 unspecified atom stereocenters. The highest BCUT2D eigenvalue weighted by atomic mass is 32.2. The number of amidine groups is 2. The minimum Gasteiger partial charge on any atom is -0.450 e. The molecule has 0 radical (unpaired) electrons. The van der Waals surface area contributed by atoms with Crippen molar-refractivity contribution in [2.45, 2.75) is 9.99 Å². The van der Waals surface area contributed by atoms with Gasteiger partial charge in [-0.2, -0.15) is 4.99 Å². The Balaban J connectivity index is 1.44.